The summed E-state index contributed by atoms with van der Waals surface area (Å²) in [5.41, 5.74) is 5.71. The van der Waals surface area contributed by atoms with Crippen LogP contribution in [0.25, 0.3) is 0 Å². The zero-order chi connectivity index (χ0) is 13.7. The summed E-state index contributed by atoms with van der Waals surface area (Å²) in [6.45, 7) is 6.59. The smallest absolute Gasteiger partial charge is 0.158 e. The number of hydrogen-bond acceptors (Lipinski definition) is 6. The first-order valence-corrected chi connectivity index (χ1v) is 6.68. The van der Waals surface area contributed by atoms with Crippen LogP contribution in [0.15, 0.2) is 6.07 Å². The molecular formula is C13H22N4O2. The lowest BCUT2D eigenvalue weighted by Gasteiger charge is -2.34. The average Bonchev–Trinajstić information content (AvgIpc) is 2.36. The van der Waals surface area contributed by atoms with Gasteiger partial charge in [0.2, 0.25) is 0 Å². The van der Waals surface area contributed by atoms with Crippen molar-refractivity contribution in [3.63, 3.8) is 0 Å². The first-order chi connectivity index (χ1) is 9.11. The van der Waals surface area contributed by atoms with Crippen molar-refractivity contribution in [2.45, 2.75) is 38.8 Å². The number of hydrogen-bond donors (Lipinski definition) is 2. The lowest BCUT2D eigenvalue weighted by atomic mass is 9.95. The molecule has 6 nitrogen and oxygen atoms in total. The van der Waals surface area contributed by atoms with E-state index in [1.54, 1.807) is 6.07 Å². The minimum absolute atomic E-state index is 0.0953. The molecule has 1 aromatic rings. The normalized spacial score (nSPS) is 23.3. The van der Waals surface area contributed by atoms with Gasteiger partial charge in [0, 0.05) is 19.3 Å². The summed E-state index contributed by atoms with van der Waals surface area (Å²) in [6.07, 6.45) is 2.10. The summed E-state index contributed by atoms with van der Waals surface area (Å²) in [5.74, 6) is 1.78. The molecule has 6 heteroatoms. The Morgan fingerprint density at radius 2 is 2.37 bits per heavy atom. The van der Waals surface area contributed by atoms with E-state index in [0.29, 0.717) is 31.5 Å². The maximum absolute atomic E-state index is 5.80. The summed E-state index contributed by atoms with van der Waals surface area (Å²) < 4.78 is 10.8. The van der Waals surface area contributed by atoms with E-state index in [2.05, 4.69) is 22.2 Å². The van der Waals surface area contributed by atoms with Crippen LogP contribution in [0.2, 0.25) is 0 Å². The summed E-state index contributed by atoms with van der Waals surface area (Å²) >= 11 is 0. The third-order valence-electron chi connectivity index (χ3n) is 3.10. The van der Waals surface area contributed by atoms with Gasteiger partial charge in [-0.05, 0) is 26.7 Å². The molecule has 106 valence electrons. The lowest BCUT2D eigenvalue weighted by molar-refractivity contribution is 0.0538. The zero-order valence-corrected chi connectivity index (χ0v) is 11.6. The minimum atomic E-state index is -0.0953. The summed E-state index contributed by atoms with van der Waals surface area (Å²) in [7, 11) is 0. The van der Waals surface area contributed by atoms with Crippen LogP contribution in [-0.4, -0.2) is 35.3 Å². The summed E-state index contributed by atoms with van der Waals surface area (Å²) in [4.78, 5) is 8.59. The maximum atomic E-state index is 5.80. The number of nitrogen functional groups attached to an aromatic ring is 1. The Morgan fingerprint density at radius 3 is 3.05 bits per heavy atom. The number of aromatic nitrogens is 2. The Labute approximate surface area is 113 Å². The fourth-order valence-electron chi connectivity index (χ4n) is 2.18. The van der Waals surface area contributed by atoms with Crippen molar-refractivity contribution >= 4 is 11.6 Å². The van der Waals surface area contributed by atoms with Gasteiger partial charge < -0.3 is 20.5 Å². The van der Waals surface area contributed by atoms with E-state index in [4.69, 9.17) is 15.2 Å². The fourth-order valence-corrected chi connectivity index (χ4v) is 2.18. The van der Waals surface area contributed by atoms with E-state index in [1.165, 1.54) is 0 Å². The maximum Gasteiger partial charge on any atom is 0.158 e. The van der Waals surface area contributed by atoms with Crippen LogP contribution in [0, 0.1) is 0 Å². The van der Waals surface area contributed by atoms with E-state index in [0.717, 1.165) is 25.3 Å². The van der Waals surface area contributed by atoms with E-state index in [-0.39, 0.29) is 5.54 Å². The van der Waals surface area contributed by atoms with Crippen molar-refractivity contribution < 1.29 is 9.47 Å². The molecule has 0 bridgehead atoms. The summed E-state index contributed by atoms with van der Waals surface area (Å²) in [5, 5.41) is 3.40. The number of nitrogens with zero attached hydrogens (tertiary/aromatic N) is 2. The molecule has 3 N–H and O–H groups in total. The predicted octanol–water partition coefficient (Wildman–Crippen LogP) is 1.58. The highest BCUT2D eigenvalue weighted by atomic mass is 16.5. The second-order valence-electron chi connectivity index (χ2n) is 5.07. The molecule has 0 saturated carbocycles. The molecule has 1 aliphatic rings. The Balaban J connectivity index is 2.08. The molecule has 0 aliphatic carbocycles. The highest BCUT2D eigenvalue weighted by Crippen LogP contribution is 2.23. The topological polar surface area (TPSA) is 82.3 Å². The number of nitrogens with one attached hydrogen (secondary N) is 1. The number of rotatable bonds is 5. The van der Waals surface area contributed by atoms with Crippen molar-refractivity contribution in [1.29, 1.82) is 0 Å². The molecule has 0 amide bonds. The molecule has 2 heterocycles. The highest BCUT2D eigenvalue weighted by molar-refractivity contribution is 5.46. The van der Waals surface area contributed by atoms with Gasteiger partial charge in [-0.25, -0.2) is 9.97 Å². The molecular weight excluding hydrogens is 244 g/mol. The van der Waals surface area contributed by atoms with E-state index >= 15 is 0 Å². The van der Waals surface area contributed by atoms with Crippen LogP contribution in [0.3, 0.4) is 0 Å². The molecule has 0 radical (unpaired) electrons. The quantitative estimate of drug-likeness (QED) is 0.842. The second-order valence-corrected chi connectivity index (χ2v) is 5.07. The Bertz CT molecular complexity index is 419. The van der Waals surface area contributed by atoms with Gasteiger partial charge in [0.25, 0.3) is 0 Å². The zero-order valence-electron chi connectivity index (χ0n) is 11.6. The van der Waals surface area contributed by atoms with Crippen molar-refractivity contribution in [3.05, 3.63) is 11.9 Å². The van der Waals surface area contributed by atoms with E-state index in [9.17, 15) is 0 Å². The van der Waals surface area contributed by atoms with Gasteiger partial charge in [-0.15, -0.1) is 0 Å². The Morgan fingerprint density at radius 1 is 1.53 bits per heavy atom. The van der Waals surface area contributed by atoms with Crippen molar-refractivity contribution in [3.8, 4) is 0 Å². The molecule has 0 spiro atoms. The Kier molecular flexibility index (Phi) is 4.55. The first-order valence-electron chi connectivity index (χ1n) is 6.68. The van der Waals surface area contributed by atoms with Gasteiger partial charge >= 0.3 is 0 Å². The number of anilines is 2. The average molecular weight is 266 g/mol. The van der Waals surface area contributed by atoms with Crippen LogP contribution in [0.5, 0.6) is 0 Å². The minimum Gasteiger partial charge on any atom is -0.384 e. The van der Waals surface area contributed by atoms with Gasteiger partial charge in [-0.1, -0.05) is 0 Å². The standard InChI is InChI=1S/C13H22N4O2/c1-3-18-8-12-15-10(14)7-11(16-12)17-13(2)5-4-6-19-9-13/h7H,3-6,8-9H2,1-2H3,(H3,14,15,16,17). The van der Waals surface area contributed by atoms with Crippen molar-refractivity contribution in [1.82, 2.24) is 9.97 Å². The number of nitrogens with two attached hydrogens (primary N) is 1. The van der Waals surface area contributed by atoms with E-state index in [1.807, 2.05) is 6.92 Å². The molecule has 1 atom stereocenters. The predicted molar refractivity (Wildman–Crippen MR) is 73.9 cm³/mol. The molecule has 1 saturated heterocycles. The molecule has 0 aromatic carbocycles. The SMILES string of the molecule is CCOCc1nc(N)cc(NC2(C)CCCOC2)n1. The third-order valence-corrected chi connectivity index (χ3v) is 3.10. The van der Waals surface area contributed by atoms with Gasteiger partial charge in [0.05, 0.1) is 12.1 Å². The van der Waals surface area contributed by atoms with Gasteiger partial charge in [-0.2, -0.15) is 0 Å². The number of ether oxygens (including phenoxy) is 2. The van der Waals surface area contributed by atoms with Crippen LogP contribution in [-0.2, 0) is 16.1 Å². The molecule has 1 aliphatic heterocycles. The summed E-state index contributed by atoms with van der Waals surface area (Å²) in [6, 6.07) is 1.75. The molecule has 1 unspecified atom stereocenters. The largest absolute Gasteiger partial charge is 0.384 e. The molecule has 1 fully saturated rings. The van der Waals surface area contributed by atoms with Crippen LogP contribution >= 0.6 is 0 Å². The van der Waals surface area contributed by atoms with Crippen LogP contribution in [0.4, 0.5) is 11.6 Å². The van der Waals surface area contributed by atoms with Crippen LogP contribution < -0.4 is 11.1 Å². The van der Waals surface area contributed by atoms with E-state index < -0.39 is 0 Å². The monoisotopic (exact) mass is 266 g/mol. The lowest BCUT2D eigenvalue weighted by Crippen LogP contribution is -2.43. The fraction of sp³-hybridized carbons (Fsp3) is 0.692. The van der Waals surface area contributed by atoms with Crippen LogP contribution in [0.1, 0.15) is 32.5 Å². The van der Waals surface area contributed by atoms with Crippen molar-refractivity contribution in [2.24, 2.45) is 0 Å². The molecule has 2 rings (SSSR count). The first kappa shape index (κ1) is 14.0. The highest BCUT2D eigenvalue weighted by Gasteiger charge is 2.27. The van der Waals surface area contributed by atoms with Gasteiger partial charge in [0.1, 0.15) is 18.2 Å². The van der Waals surface area contributed by atoms with Crippen molar-refractivity contribution in [2.75, 3.05) is 30.9 Å². The second kappa shape index (κ2) is 6.16. The third kappa shape index (κ3) is 4.04. The Hall–Kier alpha value is -1.40. The molecule has 19 heavy (non-hydrogen) atoms. The van der Waals surface area contributed by atoms with Gasteiger partial charge in [0.15, 0.2) is 5.82 Å². The molecule has 1 aromatic heterocycles. The van der Waals surface area contributed by atoms with Gasteiger partial charge in [-0.3, -0.25) is 0 Å².